The zero-order valence-electron chi connectivity index (χ0n) is 12.4. The molecule has 0 spiro atoms. The zero-order chi connectivity index (χ0) is 15.2. The lowest BCUT2D eigenvalue weighted by molar-refractivity contribution is -0.117. The van der Waals surface area contributed by atoms with Crippen LogP contribution < -0.4 is 16.0 Å². The Bertz CT molecular complexity index is 525. The maximum atomic E-state index is 12.1. The molecule has 1 saturated heterocycles. The Balaban J connectivity index is 2.01. The van der Waals surface area contributed by atoms with Crippen molar-refractivity contribution in [1.29, 1.82) is 0 Å². The third-order valence-corrected chi connectivity index (χ3v) is 3.19. The van der Waals surface area contributed by atoms with Crippen LogP contribution >= 0.6 is 0 Å². The summed E-state index contributed by atoms with van der Waals surface area (Å²) < 4.78 is 5.33. The Morgan fingerprint density at radius 3 is 2.81 bits per heavy atom. The second kappa shape index (κ2) is 7.19. The van der Waals surface area contributed by atoms with E-state index in [-0.39, 0.29) is 17.9 Å². The lowest BCUT2D eigenvalue weighted by atomic mass is 10.1. The van der Waals surface area contributed by atoms with Gasteiger partial charge in [-0.05, 0) is 24.6 Å². The second-order valence-electron chi connectivity index (χ2n) is 5.21. The lowest BCUT2D eigenvalue weighted by Crippen LogP contribution is -2.43. The maximum Gasteiger partial charge on any atom is 0.226 e. The van der Waals surface area contributed by atoms with Crippen molar-refractivity contribution in [3.8, 4) is 0 Å². The molecular formula is C15H21N3O3. The topological polar surface area (TPSA) is 79.5 Å². The van der Waals surface area contributed by atoms with Gasteiger partial charge in [0.25, 0.3) is 0 Å². The van der Waals surface area contributed by atoms with Gasteiger partial charge in [0, 0.05) is 25.9 Å². The third kappa shape index (κ3) is 4.84. The quantitative estimate of drug-likeness (QED) is 0.780. The summed E-state index contributed by atoms with van der Waals surface area (Å²) in [6.07, 6.45) is 0.341. The monoisotopic (exact) mass is 291 g/mol. The predicted octanol–water partition coefficient (Wildman–Crippen LogP) is 1.27. The molecule has 1 heterocycles. The van der Waals surface area contributed by atoms with Crippen molar-refractivity contribution >= 4 is 23.2 Å². The molecule has 6 nitrogen and oxygen atoms in total. The summed E-state index contributed by atoms with van der Waals surface area (Å²) in [5.74, 6) is -0.271. The highest BCUT2D eigenvalue weighted by molar-refractivity contribution is 5.99. The minimum Gasteiger partial charge on any atom is -0.378 e. The molecule has 1 aromatic rings. The smallest absolute Gasteiger partial charge is 0.226 e. The van der Waals surface area contributed by atoms with Crippen molar-refractivity contribution in [2.45, 2.75) is 26.3 Å². The number of aryl methyl sites for hydroxylation is 1. The Morgan fingerprint density at radius 2 is 2.14 bits per heavy atom. The predicted molar refractivity (Wildman–Crippen MR) is 81.3 cm³/mol. The first-order valence-electron chi connectivity index (χ1n) is 7.04. The fraction of sp³-hybridized carbons (Fsp3) is 0.467. The summed E-state index contributed by atoms with van der Waals surface area (Å²) in [4.78, 5) is 23.3. The zero-order valence-corrected chi connectivity index (χ0v) is 12.4. The molecule has 2 amide bonds. The van der Waals surface area contributed by atoms with Gasteiger partial charge in [0.15, 0.2) is 0 Å². The number of morpholine rings is 1. The van der Waals surface area contributed by atoms with Crippen LogP contribution in [0, 0.1) is 6.92 Å². The van der Waals surface area contributed by atoms with Crippen LogP contribution in [-0.4, -0.2) is 37.6 Å². The molecule has 0 aliphatic carbocycles. The molecule has 0 radical (unpaired) electrons. The number of rotatable bonds is 4. The molecule has 6 heteroatoms. The molecule has 1 atom stereocenters. The number of anilines is 2. The van der Waals surface area contributed by atoms with Gasteiger partial charge in [-0.3, -0.25) is 9.59 Å². The SMILES string of the molecule is CC(=O)Nc1ccc(C)cc1NC(=O)CC1COCCN1. The van der Waals surface area contributed by atoms with E-state index in [0.717, 1.165) is 12.1 Å². The van der Waals surface area contributed by atoms with Crippen LogP contribution in [0.4, 0.5) is 11.4 Å². The molecule has 0 aromatic heterocycles. The molecule has 0 saturated carbocycles. The van der Waals surface area contributed by atoms with E-state index in [0.29, 0.717) is 31.0 Å². The van der Waals surface area contributed by atoms with Gasteiger partial charge in [-0.15, -0.1) is 0 Å². The Kier molecular flexibility index (Phi) is 5.30. The third-order valence-electron chi connectivity index (χ3n) is 3.19. The molecule has 3 N–H and O–H groups in total. The van der Waals surface area contributed by atoms with Crippen LogP contribution in [0.2, 0.25) is 0 Å². The van der Waals surface area contributed by atoms with Crippen LogP contribution in [0.15, 0.2) is 18.2 Å². The summed E-state index contributed by atoms with van der Waals surface area (Å²) in [7, 11) is 0. The number of benzene rings is 1. The summed E-state index contributed by atoms with van der Waals surface area (Å²) in [5, 5.41) is 8.81. The van der Waals surface area contributed by atoms with Gasteiger partial charge in [0.2, 0.25) is 11.8 Å². The van der Waals surface area contributed by atoms with Crippen LogP contribution in [-0.2, 0) is 14.3 Å². The summed E-state index contributed by atoms with van der Waals surface area (Å²) in [6, 6.07) is 5.55. The number of hydrogen-bond donors (Lipinski definition) is 3. The highest BCUT2D eigenvalue weighted by Crippen LogP contribution is 2.23. The molecule has 1 aliphatic rings. The van der Waals surface area contributed by atoms with Crippen LogP contribution in [0.1, 0.15) is 18.9 Å². The van der Waals surface area contributed by atoms with E-state index in [9.17, 15) is 9.59 Å². The average Bonchev–Trinajstić information content (AvgIpc) is 2.42. The number of hydrogen-bond acceptors (Lipinski definition) is 4. The highest BCUT2D eigenvalue weighted by Gasteiger charge is 2.17. The molecule has 1 fully saturated rings. The van der Waals surface area contributed by atoms with E-state index in [1.165, 1.54) is 6.92 Å². The standard InChI is InChI=1S/C15H21N3O3/c1-10-3-4-13(17-11(2)19)14(7-10)18-15(20)8-12-9-21-6-5-16-12/h3-4,7,12,16H,5-6,8-9H2,1-2H3,(H,17,19)(H,18,20). The van der Waals surface area contributed by atoms with E-state index < -0.39 is 0 Å². The summed E-state index contributed by atoms with van der Waals surface area (Å²) >= 11 is 0. The lowest BCUT2D eigenvalue weighted by Gasteiger charge is -2.23. The molecule has 1 unspecified atom stereocenters. The average molecular weight is 291 g/mol. The molecule has 21 heavy (non-hydrogen) atoms. The number of nitrogens with one attached hydrogen (secondary N) is 3. The van der Waals surface area contributed by atoms with Crippen molar-refractivity contribution in [3.05, 3.63) is 23.8 Å². The largest absolute Gasteiger partial charge is 0.378 e. The van der Waals surface area contributed by atoms with Crippen LogP contribution in [0.3, 0.4) is 0 Å². The van der Waals surface area contributed by atoms with Gasteiger partial charge in [0.05, 0.1) is 24.6 Å². The first-order valence-corrected chi connectivity index (χ1v) is 7.04. The number of amides is 2. The van der Waals surface area contributed by atoms with E-state index in [2.05, 4.69) is 16.0 Å². The Hall–Kier alpha value is -1.92. The molecule has 2 rings (SSSR count). The van der Waals surface area contributed by atoms with Crippen molar-refractivity contribution in [3.63, 3.8) is 0 Å². The first-order chi connectivity index (χ1) is 10.0. The van der Waals surface area contributed by atoms with Gasteiger partial charge >= 0.3 is 0 Å². The molecule has 0 bridgehead atoms. The molecule has 1 aromatic carbocycles. The van der Waals surface area contributed by atoms with Gasteiger partial charge in [-0.25, -0.2) is 0 Å². The molecule has 114 valence electrons. The summed E-state index contributed by atoms with van der Waals surface area (Å²) in [5.41, 5.74) is 2.24. The molecule has 1 aliphatic heterocycles. The minimum atomic E-state index is -0.170. The van der Waals surface area contributed by atoms with E-state index in [4.69, 9.17) is 4.74 Å². The van der Waals surface area contributed by atoms with E-state index in [1.54, 1.807) is 6.07 Å². The highest BCUT2D eigenvalue weighted by atomic mass is 16.5. The van der Waals surface area contributed by atoms with Crippen LogP contribution in [0.5, 0.6) is 0 Å². The molecular weight excluding hydrogens is 270 g/mol. The van der Waals surface area contributed by atoms with Crippen molar-refractivity contribution in [2.75, 3.05) is 30.4 Å². The van der Waals surface area contributed by atoms with Gasteiger partial charge in [0.1, 0.15) is 0 Å². The van der Waals surface area contributed by atoms with Crippen molar-refractivity contribution < 1.29 is 14.3 Å². The first kappa shape index (κ1) is 15.5. The number of carbonyl (C=O) groups excluding carboxylic acids is 2. The van der Waals surface area contributed by atoms with Gasteiger partial charge in [-0.1, -0.05) is 6.07 Å². The maximum absolute atomic E-state index is 12.1. The number of ether oxygens (including phenoxy) is 1. The van der Waals surface area contributed by atoms with Crippen LogP contribution in [0.25, 0.3) is 0 Å². The van der Waals surface area contributed by atoms with E-state index in [1.807, 2.05) is 19.1 Å². The number of carbonyl (C=O) groups is 2. The van der Waals surface area contributed by atoms with E-state index >= 15 is 0 Å². The van der Waals surface area contributed by atoms with Crippen molar-refractivity contribution in [1.82, 2.24) is 5.32 Å². The summed E-state index contributed by atoms with van der Waals surface area (Å²) in [6.45, 7) is 5.36. The fourth-order valence-electron chi connectivity index (χ4n) is 2.24. The van der Waals surface area contributed by atoms with Gasteiger partial charge in [-0.2, -0.15) is 0 Å². The van der Waals surface area contributed by atoms with Crippen molar-refractivity contribution in [2.24, 2.45) is 0 Å². The Labute approximate surface area is 124 Å². The normalized spacial score (nSPS) is 18.1. The Morgan fingerprint density at radius 1 is 1.33 bits per heavy atom. The van der Waals surface area contributed by atoms with Gasteiger partial charge < -0.3 is 20.7 Å². The fourth-order valence-corrected chi connectivity index (χ4v) is 2.24. The minimum absolute atomic E-state index is 0.0350. The second-order valence-corrected chi connectivity index (χ2v) is 5.21.